The van der Waals surface area contributed by atoms with Crippen molar-refractivity contribution in [2.75, 3.05) is 10.6 Å². The van der Waals surface area contributed by atoms with Crippen LogP contribution in [0.1, 0.15) is 23.7 Å². The molecule has 1 atom stereocenters. The lowest BCUT2D eigenvalue weighted by Crippen LogP contribution is -2.19. The highest BCUT2D eigenvalue weighted by atomic mass is 79.9. The summed E-state index contributed by atoms with van der Waals surface area (Å²) in [6.45, 7) is 0. The summed E-state index contributed by atoms with van der Waals surface area (Å²) in [5.41, 5.74) is 2.45. The van der Waals surface area contributed by atoms with Crippen LogP contribution in [0.4, 0.5) is 11.4 Å². The summed E-state index contributed by atoms with van der Waals surface area (Å²) in [6, 6.07) is 24.9. The number of benzene rings is 3. The van der Waals surface area contributed by atoms with Crippen molar-refractivity contribution in [1.29, 1.82) is 0 Å². The quantitative estimate of drug-likeness (QED) is 0.391. The van der Waals surface area contributed by atoms with Gasteiger partial charge >= 0.3 is 0 Å². The Morgan fingerprint density at radius 1 is 0.867 bits per heavy atom. The lowest BCUT2D eigenvalue weighted by atomic mass is 10.1. The molecule has 30 heavy (non-hydrogen) atoms. The van der Waals surface area contributed by atoms with E-state index in [0.717, 1.165) is 39.1 Å². The molecule has 0 spiro atoms. The van der Waals surface area contributed by atoms with E-state index < -0.39 is 5.25 Å². The Labute approximate surface area is 188 Å². The van der Waals surface area contributed by atoms with E-state index in [1.54, 1.807) is 0 Å². The van der Waals surface area contributed by atoms with Crippen molar-refractivity contribution in [1.82, 2.24) is 0 Å². The van der Waals surface area contributed by atoms with Crippen LogP contribution in [0.5, 0.6) is 0 Å². The third-order valence-electron chi connectivity index (χ3n) is 4.80. The van der Waals surface area contributed by atoms with Crippen LogP contribution in [-0.4, -0.2) is 11.8 Å². The van der Waals surface area contributed by atoms with E-state index >= 15 is 0 Å². The maximum atomic E-state index is 13.2. The second-order valence-corrected chi connectivity index (χ2v) is 9.20. The van der Waals surface area contributed by atoms with Gasteiger partial charge in [0.25, 0.3) is 0 Å². The third kappa shape index (κ3) is 5.32. The van der Waals surface area contributed by atoms with Gasteiger partial charge in [-0.1, -0.05) is 42.5 Å². The SMILES string of the molecule is O=C(Nc1ccc(SC(C(=O)Nc2ccccc2Br)c2ccccc2)cc1)C1CC1. The summed E-state index contributed by atoms with van der Waals surface area (Å²) < 4.78 is 0.839. The van der Waals surface area contributed by atoms with E-state index in [-0.39, 0.29) is 17.7 Å². The normalized spacial score (nSPS) is 14.0. The summed E-state index contributed by atoms with van der Waals surface area (Å²) in [4.78, 5) is 26.0. The first-order chi connectivity index (χ1) is 14.6. The van der Waals surface area contributed by atoms with Crippen molar-refractivity contribution in [3.8, 4) is 0 Å². The lowest BCUT2D eigenvalue weighted by Gasteiger charge is -2.18. The Kier molecular flexibility index (Phi) is 6.55. The van der Waals surface area contributed by atoms with Crippen LogP contribution in [0.15, 0.2) is 88.2 Å². The van der Waals surface area contributed by atoms with Gasteiger partial charge in [0.1, 0.15) is 5.25 Å². The van der Waals surface area contributed by atoms with Crippen molar-refractivity contribution < 1.29 is 9.59 Å². The largest absolute Gasteiger partial charge is 0.326 e. The second kappa shape index (κ2) is 9.49. The Balaban J connectivity index is 1.50. The molecule has 0 saturated heterocycles. The van der Waals surface area contributed by atoms with Crippen LogP contribution >= 0.6 is 27.7 Å². The minimum atomic E-state index is -0.412. The number of anilines is 2. The van der Waals surface area contributed by atoms with Crippen molar-refractivity contribution in [2.24, 2.45) is 5.92 Å². The Morgan fingerprint density at radius 2 is 1.53 bits per heavy atom. The molecule has 0 bridgehead atoms. The molecule has 3 aromatic carbocycles. The van der Waals surface area contributed by atoms with Crippen LogP contribution in [0, 0.1) is 5.92 Å². The van der Waals surface area contributed by atoms with Crippen molar-refractivity contribution >= 4 is 50.9 Å². The fourth-order valence-electron chi connectivity index (χ4n) is 3.00. The maximum absolute atomic E-state index is 13.2. The van der Waals surface area contributed by atoms with E-state index in [9.17, 15) is 9.59 Å². The molecule has 0 aliphatic heterocycles. The lowest BCUT2D eigenvalue weighted by molar-refractivity contribution is -0.117. The highest BCUT2D eigenvalue weighted by molar-refractivity contribution is 9.10. The van der Waals surface area contributed by atoms with Gasteiger partial charge in [0, 0.05) is 21.0 Å². The van der Waals surface area contributed by atoms with E-state index in [0.29, 0.717) is 0 Å². The van der Waals surface area contributed by atoms with Gasteiger partial charge in [0.15, 0.2) is 0 Å². The molecule has 1 unspecified atom stereocenters. The smallest absolute Gasteiger partial charge is 0.242 e. The molecule has 4 rings (SSSR count). The molecule has 2 N–H and O–H groups in total. The number of carbonyl (C=O) groups excluding carboxylic acids is 2. The number of halogens is 1. The fraction of sp³-hybridized carbons (Fsp3) is 0.167. The first-order valence-corrected chi connectivity index (χ1v) is 11.5. The fourth-order valence-corrected chi connectivity index (χ4v) is 4.41. The molecule has 6 heteroatoms. The predicted octanol–water partition coefficient (Wildman–Crippen LogP) is 6.27. The van der Waals surface area contributed by atoms with Crippen molar-refractivity contribution in [3.63, 3.8) is 0 Å². The first kappa shape index (κ1) is 20.7. The Morgan fingerprint density at radius 3 is 2.20 bits per heavy atom. The maximum Gasteiger partial charge on any atom is 0.242 e. The number of amides is 2. The molecule has 3 aromatic rings. The van der Waals surface area contributed by atoms with Gasteiger partial charge in [-0.2, -0.15) is 0 Å². The number of hydrogen-bond donors (Lipinski definition) is 2. The zero-order valence-corrected chi connectivity index (χ0v) is 18.6. The van der Waals surface area contributed by atoms with E-state index in [1.165, 1.54) is 11.8 Å². The van der Waals surface area contributed by atoms with Crippen LogP contribution in [-0.2, 0) is 9.59 Å². The molecule has 0 heterocycles. The number of nitrogens with one attached hydrogen (secondary N) is 2. The van der Waals surface area contributed by atoms with E-state index in [1.807, 2.05) is 78.9 Å². The van der Waals surface area contributed by atoms with Crippen molar-refractivity contribution in [3.05, 3.63) is 88.9 Å². The molecule has 1 aliphatic carbocycles. The van der Waals surface area contributed by atoms with Gasteiger partial charge in [0.2, 0.25) is 11.8 Å². The minimum absolute atomic E-state index is 0.0883. The zero-order valence-electron chi connectivity index (χ0n) is 16.2. The number of carbonyl (C=O) groups is 2. The molecule has 4 nitrogen and oxygen atoms in total. The molecule has 2 amide bonds. The van der Waals surface area contributed by atoms with Gasteiger partial charge in [-0.05, 0) is 70.7 Å². The van der Waals surface area contributed by atoms with Gasteiger partial charge in [-0.25, -0.2) is 0 Å². The minimum Gasteiger partial charge on any atom is -0.326 e. The van der Waals surface area contributed by atoms with Crippen LogP contribution in [0.3, 0.4) is 0 Å². The van der Waals surface area contributed by atoms with Gasteiger partial charge in [-0.3, -0.25) is 9.59 Å². The molecule has 1 aliphatic rings. The van der Waals surface area contributed by atoms with Crippen LogP contribution < -0.4 is 10.6 Å². The second-order valence-electron chi connectivity index (χ2n) is 7.17. The van der Waals surface area contributed by atoms with Crippen LogP contribution in [0.25, 0.3) is 0 Å². The number of rotatable bonds is 7. The highest BCUT2D eigenvalue weighted by Crippen LogP contribution is 2.37. The topological polar surface area (TPSA) is 58.2 Å². The average molecular weight is 481 g/mol. The molecule has 0 aromatic heterocycles. The summed E-state index contributed by atoms with van der Waals surface area (Å²) in [5, 5.41) is 5.56. The Bertz CT molecular complexity index is 1040. The summed E-state index contributed by atoms with van der Waals surface area (Å²) in [6.07, 6.45) is 1.95. The summed E-state index contributed by atoms with van der Waals surface area (Å²) in [7, 11) is 0. The van der Waals surface area contributed by atoms with Crippen molar-refractivity contribution in [2.45, 2.75) is 23.0 Å². The molecule has 1 fully saturated rings. The van der Waals surface area contributed by atoms with Gasteiger partial charge < -0.3 is 10.6 Å². The molecular formula is C24H21BrN2O2S. The van der Waals surface area contributed by atoms with E-state index in [2.05, 4.69) is 26.6 Å². The highest BCUT2D eigenvalue weighted by Gasteiger charge is 2.29. The summed E-state index contributed by atoms with van der Waals surface area (Å²) >= 11 is 4.96. The number of thioether (sulfide) groups is 1. The number of para-hydroxylation sites is 1. The third-order valence-corrected chi connectivity index (χ3v) is 6.75. The number of hydrogen-bond acceptors (Lipinski definition) is 3. The predicted molar refractivity (Wildman–Crippen MR) is 126 cm³/mol. The monoisotopic (exact) mass is 480 g/mol. The average Bonchev–Trinajstić information content (AvgIpc) is 3.61. The molecular weight excluding hydrogens is 460 g/mol. The molecule has 1 saturated carbocycles. The molecule has 152 valence electrons. The van der Waals surface area contributed by atoms with E-state index in [4.69, 9.17) is 0 Å². The Hall–Kier alpha value is -2.57. The van der Waals surface area contributed by atoms with Crippen LogP contribution in [0.2, 0.25) is 0 Å². The molecule has 0 radical (unpaired) electrons. The zero-order chi connectivity index (χ0) is 20.9. The summed E-state index contributed by atoms with van der Waals surface area (Å²) in [5.74, 6) is 0.164. The first-order valence-electron chi connectivity index (χ1n) is 9.78. The van der Waals surface area contributed by atoms with Gasteiger partial charge in [-0.15, -0.1) is 11.8 Å². The van der Waals surface area contributed by atoms with Gasteiger partial charge in [0.05, 0.1) is 5.69 Å². The standard InChI is InChI=1S/C24H21BrN2O2S/c25-20-8-4-5-9-21(20)27-24(29)22(16-6-2-1-3-7-16)30-19-14-12-18(13-15-19)26-23(28)17-10-11-17/h1-9,12-15,17,22H,10-11H2,(H,26,28)(H,27,29).